The van der Waals surface area contributed by atoms with E-state index in [9.17, 15) is 9.59 Å². The Hall–Kier alpha value is -1.85. The molecule has 1 aliphatic heterocycles. The quantitative estimate of drug-likeness (QED) is 0.877. The van der Waals surface area contributed by atoms with Crippen molar-refractivity contribution in [3.8, 4) is 0 Å². The number of rotatable bonds is 3. The second-order valence-corrected chi connectivity index (χ2v) is 5.75. The van der Waals surface area contributed by atoms with Crippen LogP contribution in [0.15, 0.2) is 10.9 Å². The van der Waals surface area contributed by atoms with Gasteiger partial charge in [0, 0.05) is 24.6 Å². The summed E-state index contributed by atoms with van der Waals surface area (Å²) >= 11 is 0. The van der Waals surface area contributed by atoms with Crippen LogP contribution in [0.1, 0.15) is 45.4 Å². The van der Waals surface area contributed by atoms with Gasteiger partial charge in [-0.25, -0.2) is 4.98 Å². The fourth-order valence-corrected chi connectivity index (χ4v) is 2.62. The van der Waals surface area contributed by atoms with Crippen LogP contribution in [-0.2, 0) is 4.79 Å². The fourth-order valence-electron chi connectivity index (χ4n) is 2.62. The highest BCUT2D eigenvalue weighted by Crippen LogP contribution is 2.26. The summed E-state index contributed by atoms with van der Waals surface area (Å²) in [6, 6.07) is 1.56. The highest BCUT2D eigenvalue weighted by molar-refractivity contribution is 5.70. The predicted octanol–water partition coefficient (Wildman–Crippen LogP) is 1.58. The normalized spacial score (nSPS) is 23.1. The van der Waals surface area contributed by atoms with Crippen molar-refractivity contribution in [2.75, 3.05) is 11.4 Å². The Bertz CT molecular complexity index is 553. The third kappa shape index (κ3) is 3.00. The molecule has 1 saturated heterocycles. The van der Waals surface area contributed by atoms with Crippen molar-refractivity contribution < 1.29 is 9.90 Å². The lowest BCUT2D eigenvalue weighted by Gasteiger charge is -2.37. The number of carboxylic acid groups (broad SMARTS) is 1. The number of nitrogens with one attached hydrogen (secondary N) is 1. The number of piperidine rings is 1. The summed E-state index contributed by atoms with van der Waals surface area (Å²) in [6.45, 7) is 6.55. The smallest absolute Gasteiger partial charge is 0.306 e. The molecule has 0 amide bonds. The van der Waals surface area contributed by atoms with E-state index in [1.807, 2.05) is 25.7 Å². The molecule has 2 rings (SSSR count). The van der Waals surface area contributed by atoms with Crippen LogP contribution in [0.25, 0.3) is 0 Å². The Morgan fingerprint density at radius 2 is 2.25 bits per heavy atom. The van der Waals surface area contributed by atoms with Crippen molar-refractivity contribution in [2.45, 2.75) is 45.6 Å². The number of aromatic amines is 1. The van der Waals surface area contributed by atoms with Gasteiger partial charge >= 0.3 is 5.97 Å². The first-order chi connectivity index (χ1) is 9.38. The largest absolute Gasteiger partial charge is 0.481 e. The van der Waals surface area contributed by atoms with Crippen LogP contribution in [0.5, 0.6) is 0 Å². The molecule has 0 aliphatic carbocycles. The van der Waals surface area contributed by atoms with Gasteiger partial charge < -0.3 is 15.0 Å². The highest BCUT2D eigenvalue weighted by atomic mass is 16.4. The molecule has 2 unspecified atom stereocenters. The van der Waals surface area contributed by atoms with Crippen molar-refractivity contribution in [1.82, 2.24) is 9.97 Å². The molecule has 0 spiro atoms. The van der Waals surface area contributed by atoms with E-state index in [1.165, 1.54) is 6.07 Å². The van der Waals surface area contributed by atoms with Gasteiger partial charge in [0.25, 0.3) is 5.56 Å². The molecule has 2 N–H and O–H groups in total. The number of anilines is 1. The summed E-state index contributed by atoms with van der Waals surface area (Å²) in [7, 11) is 0. The minimum atomic E-state index is -0.738. The van der Waals surface area contributed by atoms with Gasteiger partial charge in [-0.2, -0.15) is 0 Å². The van der Waals surface area contributed by atoms with Crippen molar-refractivity contribution in [3.05, 3.63) is 22.2 Å². The zero-order valence-corrected chi connectivity index (χ0v) is 12.1. The molecule has 20 heavy (non-hydrogen) atoms. The van der Waals surface area contributed by atoms with Crippen molar-refractivity contribution in [3.63, 3.8) is 0 Å². The summed E-state index contributed by atoms with van der Waals surface area (Å²) in [6.07, 6.45) is 1.17. The molecule has 1 aromatic heterocycles. The number of nitrogens with zero attached hydrogens (tertiary/aromatic N) is 2. The van der Waals surface area contributed by atoms with E-state index in [2.05, 4.69) is 9.97 Å². The number of aliphatic carboxylic acids is 1. The van der Waals surface area contributed by atoms with Gasteiger partial charge in [-0.15, -0.1) is 0 Å². The van der Waals surface area contributed by atoms with Crippen LogP contribution < -0.4 is 10.5 Å². The number of hydrogen-bond donors (Lipinski definition) is 2. The summed E-state index contributed by atoms with van der Waals surface area (Å²) in [5.41, 5.74) is -0.161. The van der Waals surface area contributed by atoms with Crippen LogP contribution in [0.2, 0.25) is 0 Å². The van der Waals surface area contributed by atoms with E-state index in [0.29, 0.717) is 31.0 Å². The summed E-state index contributed by atoms with van der Waals surface area (Å²) < 4.78 is 0. The number of carbonyl (C=O) groups is 1. The maximum atomic E-state index is 11.7. The van der Waals surface area contributed by atoms with Gasteiger partial charge in [-0.1, -0.05) is 13.8 Å². The van der Waals surface area contributed by atoms with Crippen LogP contribution in [0.4, 0.5) is 5.82 Å². The molecule has 1 fully saturated rings. The minimum Gasteiger partial charge on any atom is -0.481 e. The number of hydrogen-bond acceptors (Lipinski definition) is 4. The standard InChI is InChI=1S/C14H21N3O3/c1-8(2)13-15-11(7-12(18)16-13)17-5-4-10(14(19)20)6-9(17)3/h7-10H,4-6H2,1-3H3,(H,19,20)(H,15,16,18). The van der Waals surface area contributed by atoms with Gasteiger partial charge in [0.15, 0.2) is 0 Å². The monoisotopic (exact) mass is 279 g/mol. The lowest BCUT2D eigenvalue weighted by Crippen LogP contribution is -2.43. The Morgan fingerprint density at radius 3 is 2.80 bits per heavy atom. The van der Waals surface area contributed by atoms with Gasteiger partial charge in [0.1, 0.15) is 11.6 Å². The molecule has 0 saturated carbocycles. The average Bonchev–Trinajstić information content (AvgIpc) is 2.37. The van der Waals surface area contributed by atoms with E-state index in [0.717, 1.165) is 0 Å². The van der Waals surface area contributed by atoms with Gasteiger partial charge in [0.2, 0.25) is 0 Å². The van der Waals surface area contributed by atoms with Gasteiger partial charge in [0.05, 0.1) is 5.92 Å². The van der Waals surface area contributed by atoms with Gasteiger partial charge in [-0.3, -0.25) is 9.59 Å². The first kappa shape index (κ1) is 14.6. The second-order valence-electron chi connectivity index (χ2n) is 5.75. The number of carboxylic acids is 1. The van der Waals surface area contributed by atoms with E-state index in [4.69, 9.17) is 5.11 Å². The lowest BCUT2D eigenvalue weighted by molar-refractivity contribution is -0.142. The predicted molar refractivity (Wildman–Crippen MR) is 76.1 cm³/mol. The Morgan fingerprint density at radius 1 is 1.55 bits per heavy atom. The van der Waals surface area contributed by atoms with Crippen LogP contribution in [0.3, 0.4) is 0 Å². The first-order valence-corrected chi connectivity index (χ1v) is 6.99. The van der Waals surface area contributed by atoms with Crippen LogP contribution in [-0.4, -0.2) is 33.6 Å². The first-order valence-electron chi connectivity index (χ1n) is 6.99. The molecule has 2 heterocycles. The second kappa shape index (κ2) is 5.64. The van der Waals surface area contributed by atoms with Crippen LogP contribution in [0, 0.1) is 5.92 Å². The van der Waals surface area contributed by atoms with Crippen molar-refractivity contribution in [1.29, 1.82) is 0 Å². The van der Waals surface area contributed by atoms with E-state index < -0.39 is 5.97 Å². The molecule has 2 atom stereocenters. The number of aromatic nitrogens is 2. The molecule has 110 valence electrons. The Kier molecular flexibility index (Phi) is 4.11. The average molecular weight is 279 g/mol. The summed E-state index contributed by atoms with van der Waals surface area (Å²) in [4.78, 5) is 32.0. The zero-order chi connectivity index (χ0) is 14.9. The van der Waals surface area contributed by atoms with Crippen LogP contribution >= 0.6 is 0 Å². The number of H-pyrrole nitrogens is 1. The van der Waals surface area contributed by atoms with Crippen molar-refractivity contribution in [2.24, 2.45) is 5.92 Å². The fraction of sp³-hybridized carbons (Fsp3) is 0.643. The minimum absolute atomic E-state index is 0.0687. The molecule has 1 aliphatic rings. The molecule has 6 nitrogen and oxygen atoms in total. The molecule has 0 radical (unpaired) electrons. The summed E-state index contributed by atoms with van der Waals surface area (Å²) in [5.74, 6) is 0.425. The third-order valence-corrected chi connectivity index (χ3v) is 3.81. The maximum absolute atomic E-state index is 11.7. The molecular formula is C14H21N3O3. The highest BCUT2D eigenvalue weighted by Gasteiger charge is 2.30. The van der Waals surface area contributed by atoms with Crippen molar-refractivity contribution >= 4 is 11.8 Å². The van der Waals surface area contributed by atoms with Gasteiger partial charge in [-0.05, 0) is 19.8 Å². The lowest BCUT2D eigenvalue weighted by atomic mass is 9.92. The topological polar surface area (TPSA) is 86.3 Å². The molecule has 1 aromatic rings. The molecule has 6 heteroatoms. The van der Waals surface area contributed by atoms with E-state index in [1.54, 1.807) is 0 Å². The SMILES string of the molecule is CC(C)c1nc(N2CCC(C(=O)O)CC2C)cc(=O)[nH]1. The Labute approximate surface area is 117 Å². The molecule has 0 aromatic carbocycles. The molecule has 0 bridgehead atoms. The Balaban J connectivity index is 2.24. The third-order valence-electron chi connectivity index (χ3n) is 3.81. The van der Waals surface area contributed by atoms with E-state index >= 15 is 0 Å². The zero-order valence-electron chi connectivity index (χ0n) is 12.1. The van der Waals surface area contributed by atoms with E-state index in [-0.39, 0.29) is 23.4 Å². The summed E-state index contributed by atoms with van der Waals surface area (Å²) in [5, 5.41) is 9.08. The molecular weight excluding hydrogens is 258 g/mol. The maximum Gasteiger partial charge on any atom is 0.306 e.